The molecule has 4 aromatic rings. The Morgan fingerprint density at radius 2 is 1.93 bits per heavy atom. The van der Waals surface area contributed by atoms with Gasteiger partial charge in [-0.1, -0.05) is 67.5 Å². The molecule has 5 rings (SSSR count). The molecule has 206 valence electrons. The number of fused-ring (bicyclic) bond motifs is 2. The van der Waals surface area contributed by atoms with Crippen LogP contribution in [0.25, 0.3) is 11.0 Å². The topological polar surface area (TPSA) is 98.9 Å². The molecular formula is C31H30N2O6S. The van der Waals surface area contributed by atoms with Gasteiger partial charge in [0, 0.05) is 0 Å². The average molecular weight is 559 g/mol. The normalized spacial score (nSPS) is 14.4. The van der Waals surface area contributed by atoms with E-state index in [2.05, 4.69) is 18.5 Å². The quantitative estimate of drug-likeness (QED) is 0.124. The fourth-order valence-corrected chi connectivity index (χ4v) is 5.75. The summed E-state index contributed by atoms with van der Waals surface area (Å²) in [5, 5.41) is 0.669. The molecule has 0 fully saturated rings. The highest BCUT2D eigenvalue weighted by Crippen LogP contribution is 2.43. The number of amides is 1. The first-order chi connectivity index (χ1) is 19.3. The monoisotopic (exact) mass is 558 g/mol. The first kappa shape index (κ1) is 27.3. The minimum Gasteiger partial charge on any atom is -0.494 e. The van der Waals surface area contributed by atoms with Crippen LogP contribution in [0.1, 0.15) is 74.8 Å². The van der Waals surface area contributed by atoms with Crippen LogP contribution in [0.3, 0.4) is 0 Å². The fourth-order valence-electron chi connectivity index (χ4n) is 4.76. The number of rotatable bonds is 10. The van der Waals surface area contributed by atoms with Gasteiger partial charge >= 0.3 is 5.97 Å². The predicted octanol–water partition coefficient (Wildman–Crippen LogP) is 6.53. The second kappa shape index (κ2) is 11.5. The Morgan fingerprint density at radius 1 is 1.15 bits per heavy atom. The number of unbranched alkanes of at least 4 members (excludes halogenated alkanes) is 2. The summed E-state index contributed by atoms with van der Waals surface area (Å²) in [7, 11) is 0. The van der Waals surface area contributed by atoms with Gasteiger partial charge in [0.15, 0.2) is 10.6 Å². The molecule has 0 saturated heterocycles. The van der Waals surface area contributed by atoms with Gasteiger partial charge in [0.1, 0.15) is 22.8 Å². The molecule has 3 heterocycles. The van der Waals surface area contributed by atoms with Gasteiger partial charge in [0.25, 0.3) is 5.91 Å². The molecule has 0 N–H and O–H groups in total. The molecule has 0 bridgehead atoms. The van der Waals surface area contributed by atoms with Crippen molar-refractivity contribution < 1.29 is 23.5 Å². The van der Waals surface area contributed by atoms with Gasteiger partial charge < -0.3 is 13.9 Å². The van der Waals surface area contributed by atoms with Crippen LogP contribution in [0.15, 0.2) is 64.3 Å². The Morgan fingerprint density at radius 3 is 2.65 bits per heavy atom. The molecule has 2 aromatic carbocycles. The lowest BCUT2D eigenvalue weighted by Gasteiger charge is -2.22. The fraction of sp³-hybridized carbons (Fsp3) is 0.290. The number of anilines is 1. The molecule has 0 saturated carbocycles. The predicted molar refractivity (Wildman–Crippen MR) is 155 cm³/mol. The number of hydrogen-bond donors (Lipinski definition) is 0. The number of carbonyl (C=O) groups is 2. The zero-order valence-electron chi connectivity index (χ0n) is 22.7. The van der Waals surface area contributed by atoms with Gasteiger partial charge in [-0.2, -0.15) is 0 Å². The van der Waals surface area contributed by atoms with Crippen molar-refractivity contribution in [2.75, 3.05) is 18.1 Å². The minimum atomic E-state index is -0.805. The summed E-state index contributed by atoms with van der Waals surface area (Å²) in [6.45, 7) is 9.95. The molecule has 9 heteroatoms. The minimum absolute atomic E-state index is 0.0325. The van der Waals surface area contributed by atoms with Crippen molar-refractivity contribution in [3.05, 3.63) is 98.4 Å². The number of esters is 1. The van der Waals surface area contributed by atoms with Crippen molar-refractivity contribution >= 4 is 39.3 Å². The summed E-state index contributed by atoms with van der Waals surface area (Å²) in [4.78, 5) is 46.6. The maximum atomic E-state index is 13.9. The summed E-state index contributed by atoms with van der Waals surface area (Å²) < 4.78 is 17.1. The maximum Gasteiger partial charge on any atom is 0.350 e. The van der Waals surface area contributed by atoms with E-state index in [1.165, 1.54) is 11.0 Å². The summed E-state index contributed by atoms with van der Waals surface area (Å²) in [5.74, 6) is -0.384. The van der Waals surface area contributed by atoms with E-state index in [-0.39, 0.29) is 33.4 Å². The molecule has 40 heavy (non-hydrogen) atoms. The summed E-state index contributed by atoms with van der Waals surface area (Å²) in [6, 6.07) is 11.8. The lowest BCUT2D eigenvalue weighted by Crippen LogP contribution is -2.29. The Hall–Kier alpha value is -4.24. The van der Waals surface area contributed by atoms with Crippen molar-refractivity contribution in [3.8, 4) is 5.75 Å². The number of aromatic nitrogens is 1. The van der Waals surface area contributed by atoms with Crippen LogP contribution in [0, 0.1) is 13.8 Å². The zero-order valence-corrected chi connectivity index (χ0v) is 23.5. The van der Waals surface area contributed by atoms with Gasteiger partial charge in [-0.05, 0) is 50.1 Å². The van der Waals surface area contributed by atoms with E-state index in [1.54, 1.807) is 19.1 Å². The molecule has 1 aliphatic heterocycles. The molecule has 2 aromatic heterocycles. The number of nitrogens with zero attached hydrogens (tertiary/aromatic N) is 2. The van der Waals surface area contributed by atoms with Gasteiger partial charge in [-0.15, -0.1) is 0 Å². The molecule has 8 nitrogen and oxygen atoms in total. The van der Waals surface area contributed by atoms with E-state index in [0.29, 0.717) is 34.6 Å². The van der Waals surface area contributed by atoms with Gasteiger partial charge in [-0.3, -0.25) is 14.5 Å². The number of hydrogen-bond acceptors (Lipinski definition) is 8. The van der Waals surface area contributed by atoms with Crippen LogP contribution in [0.5, 0.6) is 5.75 Å². The molecule has 1 atom stereocenters. The van der Waals surface area contributed by atoms with Gasteiger partial charge in [0.05, 0.1) is 29.3 Å². The SMILES string of the molecule is C=CCOC(=O)c1sc(N2C(=O)c3oc4ccc(C)cc4c(=O)c3C2c2ccc(OCCCCC)cc2)nc1C. The molecule has 1 amide bonds. The van der Waals surface area contributed by atoms with E-state index < -0.39 is 17.9 Å². The van der Waals surface area contributed by atoms with Crippen LogP contribution in [0.4, 0.5) is 5.13 Å². The highest BCUT2D eigenvalue weighted by Gasteiger charge is 2.45. The molecule has 0 spiro atoms. The highest BCUT2D eigenvalue weighted by atomic mass is 32.1. The third-order valence-electron chi connectivity index (χ3n) is 6.75. The van der Waals surface area contributed by atoms with Crippen molar-refractivity contribution in [2.45, 2.75) is 46.1 Å². The maximum absolute atomic E-state index is 13.9. The molecular weight excluding hydrogens is 528 g/mol. The lowest BCUT2D eigenvalue weighted by molar-refractivity contribution is 0.0554. The average Bonchev–Trinajstić information content (AvgIpc) is 3.47. The molecule has 0 aliphatic carbocycles. The van der Waals surface area contributed by atoms with E-state index in [4.69, 9.17) is 13.9 Å². The standard InChI is InChI=1S/C31H30N2O6S/c1-5-7-8-16-37-21-12-10-20(11-13-21)25-24-26(34)22-17-18(3)9-14-23(22)39-27(24)29(35)33(25)31-32-19(4)28(40-31)30(36)38-15-6-2/h6,9-14,17,25H,2,5,7-8,15-16H2,1,3-4H3. The van der Waals surface area contributed by atoms with E-state index >= 15 is 0 Å². The van der Waals surface area contributed by atoms with Crippen LogP contribution in [0.2, 0.25) is 0 Å². The van der Waals surface area contributed by atoms with E-state index in [1.807, 2.05) is 37.3 Å². The number of aryl methyl sites for hydroxylation is 2. The molecule has 1 unspecified atom stereocenters. The smallest absolute Gasteiger partial charge is 0.350 e. The van der Waals surface area contributed by atoms with E-state index in [9.17, 15) is 14.4 Å². The Bertz CT molecular complexity index is 1650. The largest absolute Gasteiger partial charge is 0.494 e. The second-order valence-electron chi connectivity index (χ2n) is 9.67. The number of ether oxygens (including phenoxy) is 2. The van der Waals surface area contributed by atoms with Crippen molar-refractivity contribution in [3.63, 3.8) is 0 Å². The van der Waals surface area contributed by atoms with Gasteiger partial charge in [0.2, 0.25) is 5.76 Å². The molecule has 0 radical (unpaired) electrons. The van der Waals surface area contributed by atoms with Crippen LogP contribution >= 0.6 is 11.3 Å². The third kappa shape index (κ3) is 5.04. The number of benzene rings is 2. The number of carbonyl (C=O) groups excluding carboxylic acids is 2. The van der Waals surface area contributed by atoms with Crippen molar-refractivity contribution in [2.24, 2.45) is 0 Å². The first-order valence-corrected chi connectivity index (χ1v) is 14.0. The summed E-state index contributed by atoms with van der Waals surface area (Å²) >= 11 is 1.04. The summed E-state index contributed by atoms with van der Waals surface area (Å²) in [5.41, 5.74) is 2.31. The van der Waals surface area contributed by atoms with E-state index in [0.717, 1.165) is 36.2 Å². The van der Waals surface area contributed by atoms with Crippen molar-refractivity contribution in [1.29, 1.82) is 0 Å². The van der Waals surface area contributed by atoms with Crippen molar-refractivity contribution in [1.82, 2.24) is 4.98 Å². The molecule has 1 aliphatic rings. The first-order valence-electron chi connectivity index (χ1n) is 13.2. The Balaban J connectivity index is 1.61. The van der Waals surface area contributed by atoms with Crippen LogP contribution < -0.4 is 15.1 Å². The Labute approximate surface area is 235 Å². The van der Waals surface area contributed by atoms with Gasteiger partial charge in [-0.25, -0.2) is 9.78 Å². The zero-order chi connectivity index (χ0) is 28.4. The number of thiazole rings is 1. The van der Waals surface area contributed by atoms with Crippen LogP contribution in [-0.2, 0) is 4.74 Å². The second-order valence-corrected chi connectivity index (χ2v) is 10.7. The highest BCUT2D eigenvalue weighted by molar-refractivity contribution is 7.17. The summed E-state index contributed by atoms with van der Waals surface area (Å²) in [6.07, 6.45) is 4.64. The Kier molecular flexibility index (Phi) is 7.84. The third-order valence-corrected chi connectivity index (χ3v) is 7.88. The van der Waals surface area contributed by atoms with Crippen LogP contribution in [-0.4, -0.2) is 30.1 Å². The lowest BCUT2D eigenvalue weighted by atomic mass is 9.98.